The predicted molar refractivity (Wildman–Crippen MR) is 71.4 cm³/mol. The van der Waals surface area contributed by atoms with Crippen LogP contribution in [0.1, 0.15) is 11.6 Å². The summed E-state index contributed by atoms with van der Waals surface area (Å²) in [6, 6.07) is 6.25. The van der Waals surface area contributed by atoms with Gasteiger partial charge in [-0.25, -0.2) is 4.39 Å². The Morgan fingerprint density at radius 2 is 1.95 bits per heavy atom. The molecule has 0 bridgehead atoms. The first-order valence-corrected chi connectivity index (χ1v) is 6.43. The van der Waals surface area contributed by atoms with E-state index in [0.717, 1.165) is 18.7 Å². The third-order valence-corrected chi connectivity index (χ3v) is 3.63. The summed E-state index contributed by atoms with van der Waals surface area (Å²) < 4.78 is 23.9. The van der Waals surface area contributed by atoms with E-state index in [4.69, 9.17) is 15.2 Å². The maximum atomic E-state index is 13.2. The number of benzene rings is 1. The largest absolute Gasteiger partial charge is 0.377 e. The van der Waals surface area contributed by atoms with Crippen LogP contribution in [0.25, 0.3) is 0 Å². The van der Waals surface area contributed by atoms with Gasteiger partial charge in [0.15, 0.2) is 0 Å². The van der Waals surface area contributed by atoms with Crippen LogP contribution in [0.4, 0.5) is 4.39 Å². The van der Waals surface area contributed by atoms with Crippen LogP contribution >= 0.6 is 0 Å². The molecule has 0 radical (unpaired) electrons. The highest BCUT2D eigenvalue weighted by molar-refractivity contribution is 5.20. The molecule has 1 aromatic rings. The first kappa shape index (κ1) is 14.4. The van der Waals surface area contributed by atoms with Crippen LogP contribution in [0.3, 0.4) is 0 Å². The standard InChI is InChI=1S/C14H21FN2O2/c1-18-13-8-17(9-14(13)19-2)7-12(16)10-4-3-5-11(15)6-10/h3-6,12-14H,7-9,16H2,1-2H3. The quantitative estimate of drug-likeness (QED) is 0.871. The fourth-order valence-corrected chi connectivity index (χ4v) is 2.54. The van der Waals surface area contributed by atoms with Crippen molar-refractivity contribution in [3.63, 3.8) is 0 Å². The maximum Gasteiger partial charge on any atom is 0.123 e. The Morgan fingerprint density at radius 3 is 2.47 bits per heavy atom. The number of rotatable bonds is 5. The molecule has 3 atom stereocenters. The topological polar surface area (TPSA) is 47.7 Å². The second-order valence-electron chi connectivity index (χ2n) is 4.93. The van der Waals surface area contributed by atoms with E-state index in [1.165, 1.54) is 12.1 Å². The number of hydrogen-bond acceptors (Lipinski definition) is 4. The maximum absolute atomic E-state index is 13.2. The van der Waals surface area contributed by atoms with Gasteiger partial charge >= 0.3 is 0 Å². The first-order chi connectivity index (χ1) is 9.13. The van der Waals surface area contributed by atoms with Crippen molar-refractivity contribution in [3.05, 3.63) is 35.6 Å². The van der Waals surface area contributed by atoms with Crippen LogP contribution in [-0.4, -0.2) is 51.0 Å². The Labute approximate surface area is 113 Å². The molecule has 2 rings (SSSR count). The highest BCUT2D eigenvalue weighted by Gasteiger charge is 2.33. The summed E-state index contributed by atoms with van der Waals surface area (Å²) in [5.74, 6) is -0.251. The van der Waals surface area contributed by atoms with Crippen LogP contribution < -0.4 is 5.73 Å². The summed E-state index contributed by atoms with van der Waals surface area (Å²) in [6.07, 6.45) is 0.148. The Morgan fingerprint density at radius 1 is 1.32 bits per heavy atom. The van der Waals surface area contributed by atoms with Crippen molar-refractivity contribution in [1.29, 1.82) is 0 Å². The number of ether oxygens (including phenoxy) is 2. The van der Waals surface area contributed by atoms with Gasteiger partial charge in [-0.2, -0.15) is 0 Å². The molecule has 1 fully saturated rings. The average Bonchev–Trinajstić information content (AvgIpc) is 2.80. The third-order valence-electron chi connectivity index (χ3n) is 3.63. The lowest BCUT2D eigenvalue weighted by atomic mass is 10.1. The Kier molecular flexibility index (Phi) is 4.87. The molecule has 0 aromatic heterocycles. The molecule has 1 saturated heterocycles. The van der Waals surface area contributed by atoms with Crippen LogP contribution in [0.15, 0.2) is 24.3 Å². The van der Waals surface area contributed by atoms with Crippen molar-refractivity contribution in [1.82, 2.24) is 4.90 Å². The minimum atomic E-state index is -0.251. The normalized spacial score (nSPS) is 25.7. The Bertz CT molecular complexity index is 404. The molecule has 0 saturated carbocycles. The molecule has 106 valence electrons. The summed E-state index contributed by atoms with van der Waals surface area (Å²) in [7, 11) is 3.37. The van der Waals surface area contributed by atoms with Crippen molar-refractivity contribution in [2.24, 2.45) is 5.73 Å². The van der Waals surface area contributed by atoms with Gasteiger partial charge in [-0.3, -0.25) is 4.90 Å². The SMILES string of the molecule is COC1CN(CC(N)c2cccc(F)c2)CC1OC. The lowest BCUT2D eigenvalue weighted by Crippen LogP contribution is -2.31. The van der Waals surface area contributed by atoms with Crippen molar-refractivity contribution in [2.45, 2.75) is 18.2 Å². The number of halogens is 1. The highest BCUT2D eigenvalue weighted by Crippen LogP contribution is 2.19. The summed E-state index contributed by atoms with van der Waals surface area (Å²) >= 11 is 0. The van der Waals surface area contributed by atoms with Gasteiger partial charge in [0.1, 0.15) is 5.82 Å². The van der Waals surface area contributed by atoms with Gasteiger partial charge in [0.25, 0.3) is 0 Å². The molecule has 5 heteroatoms. The third kappa shape index (κ3) is 3.51. The average molecular weight is 268 g/mol. The molecule has 4 nitrogen and oxygen atoms in total. The summed E-state index contributed by atoms with van der Waals surface area (Å²) in [4.78, 5) is 2.19. The fourth-order valence-electron chi connectivity index (χ4n) is 2.54. The van der Waals surface area contributed by atoms with Crippen LogP contribution in [-0.2, 0) is 9.47 Å². The van der Waals surface area contributed by atoms with Crippen molar-refractivity contribution >= 4 is 0 Å². The molecule has 1 heterocycles. The predicted octanol–water partition coefficient (Wildman–Crippen LogP) is 1.17. The second kappa shape index (κ2) is 6.43. The molecule has 1 aliphatic rings. The smallest absolute Gasteiger partial charge is 0.123 e. The molecule has 0 amide bonds. The fraction of sp³-hybridized carbons (Fsp3) is 0.571. The highest BCUT2D eigenvalue weighted by atomic mass is 19.1. The number of nitrogens with zero attached hydrogens (tertiary/aromatic N) is 1. The van der Waals surface area contributed by atoms with Gasteiger partial charge in [-0.15, -0.1) is 0 Å². The van der Waals surface area contributed by atoms with Crippen molar-refractivity contribution in [3.8, 4) is 0 Å². The Hall–Kier alpha value is -1.01. The van der Waals surface area contributed by atoms with Crippen LogP contribution in [0, 0.1) is 5.82 Å². The van der Waals surface area contributed by atoms with E-state index in [9.17, 15) is 4.39 Å². The summed E-state index contributed by atoms with van der Waals surface area (Å²) in [5, 5.41) is 0. The first-order valence-electron chi connectivity index (χ1n) is 6.43. The van der Waals surface area contributed by atoms with E-state index in [-0.39, 0.29) is 24.1 Å². The molecule has 1 aromatic carbocycles. The summed E-state index contributed by atoms with van der Waals surface area (Å²) in [5.41, 5.74) is 6.94. The van der Waals surface area contributed by atoms with Gasteiger partial charge < -0.3 is 15.2 Å². The van der Waals surface area contributed by atoms with Crippen LogP contribution in [0.5, 0.6) is 0 Å². The van der Waals surface area contributed by atoms with E-state index in [2.05, 4.69) is 4.90 Å². The summed E-state index contributed by atoms with van der Waals surface area (Å²) in [6.45, 7) is 2.25. The zero-order valence-electron chi connectivity index (χ0n) is 11.4. The number of likely N-dealkylation sites (tertiary alicyclic amines) is 1. The Balaban J connectivity index is 1.95. The molecular formula is C14H21FN2O2. The van der Waals surface area contributed by atoms with E-state index in [1.54, 1.807) is 20.3 Å². The molecule has 19 heavy (non-hydrogen) atoms. The van der Waals surface area contributed by atoms with E-state index in [1.807, 2.05) is 6.07 Å². The number of nitrogens with two attached hydrogens (primary N) is 1. The minimum absolute atomic E-state index is 0.0738. The van der Waals surface area contributed by atoms with Gasteiger partial charge in [0, 0.05) is 39.9 Å². The van der Waals surface area contributed by atoms with Gasteiger partial charge in [-0.05, 0) is 17.7 Å². The molecule has 1 aliphatic heterocycles. The molecule has 0 spiro atoms. The minimum Gasteiger partial charge on any atom is -0.377 e. The van der Waals surface area contributed by atoms with E-state index in [0.29, 0.717) is 6.54 Å². The zero-order valence-corrected chi connectivity index (χ0v) is 11.4. The van der Waals surface area contributed by atoms with Crippen molar-refractivity contribution < 1.29 is 13.9 Å². The van der Waals surface area contributed by atoms with Crippen molar-refractivity contribution in [2.75, 3.05) is 33.9 Å². The molecular weight excluding hydrogens is 247 g/mol. The van der Waals surface area contributed by atoms with Gasteiger partial charge in [0.2, 0.25) is 0 Å². The van der Waals surface area contributed by atoms with Gasteiger partial charge in [0.05, 0.1) is 12.2 Å². The zero-order chi connectivity index (χ0) is 13.8. The van der Waals surface area contributed by atoms with E-state index >= 15 is 0 Å². The number of methoxy groups -OCH3 is 2. The lowest BCUT2D eigenvalue weighted by Gasteiger charge is -2.20. The molecule has 0 aliphatic carbocycles. The lowest BCUT2D eigenvalue weighted by molar-refractivity contribution is -0.00461. The monoisotopic (exact) mass is 268 g/mol. The molecule has 3 unspecified atom stereocenters. The van der Waals surface area contributed by atoms with E-state index < -0.39 is 0 Å². The number of hydrogen-bond donors (Lipinski definition) is 1. The molecule has 2 N–H and O–H groups in total. The van der Waals surface area contributed by atoms with Crippen LogP contribution in [0.2, 0.25) is 0 Å². The van der Waals surface area contributed by atoms with Gasteiger partial charge in [-0.1, -0.05) is 12.1 Å². The second-order valence-corrected chi connectivity index (χ2v) is 4.93.